The minimum absolute atomic E-state index is 0.313. The molecule has 0 bridgehead atoms. The molecule has 0 saturated carbocycles. The van der Waals surface area contributed by atoms with E-state index in [9.17, 15) is 0 Å². The van der Waals surface area contributed by atoms with E-state index in [-0.39, 0.29) is 0 Å². The maximum atomic E-state index is 5.77. The lowest BCUT2D eigenvalue weighted by atomic mass is 10.2. The van der Waals surface area contributed by atoms with Crippen LogP contribution >= 0.6 is 0 Å². The van der Waals surface area contributed by atoms with E-state index < -0.39 is 0 Å². The van der Waals surface area contributed by atoms with Gasteiger partial charge in [-0.25, -0.2) is 0 Å². The van der Waals surface area contributed by atoms with E-state index in [0.717, 1.165) is 50.5 Å². The Kier molecular flexibility index (Phi) is 5.95. The second kappa shape index (κ2) is 7.72. The fourth-order valence-electron chi connectivity index (χ4n) is 2.75. The molecule has 20 heavy (non-hydrogen) atoms. The zero-order valence-corrected chi connectivity index (χ0v) is 12.9. The summed E-state index contributed by atoms with van der Waals surface area (Å²) in [6.45, 7) is 11.3. The fourth-order valence-corrected chi connectivity index (χ4v) is 2.75. The largest absolute Gasteiger partial charge is 0.373 e. The molecule has 0 amide bonds. The van der Waals surface area contributed by atoms with E-state index in [2.05, 4.69) is 49.2 Å². The second-order valence-electron chi connectivity index (χ2n) is 5.75. The van der Waals surface area contributed by atoms with Crippen LogP contribution in [0.15, 0.2) is 18.2 Å². The van der Waals surface area contributed by atoms with Crippen molar-refractivity contribution in [1.29, 1.82) is 0 Å². The highest BCUT2D eigenvalue weighted by Crippen LogP contribution is 2.13. The topological polar surface area (TPSA) is 37.4 Å². The molecule has 0 aliphatic carbocycles. The van der Waals surface area contributed by atoms with Gasteiger partial charge in [-0.2, -0.15) is 0 Å². The average Bonchev–Trinajstić information content (AvgIpc) is 2.38. The van der Waals surface area contributed by atoms with Gasteiger partial charge in [0, 0.05) is 26.2 Å². The molecule has 1 N–H and O–H groups in total. The van der Waals surface area contributed by atoms with Gasteiger partial charge in [0.25, 0.3) is 0 Å². The lowest BCUT2D eigenvalue weighted by Crippen LogP contribution is -2.44. The molecule has 1 aromatic rings. The molecular formula is C16H27N3O. The zero-order valence-electron chi connectivity index (χ0n) is 12.9. The van der Waals surface area contributed by atoms with Crippen LogP contribution in [-0.2, 0) is 17.8 Å². The molecule has 2 atom stereocenters. The predicted octanol–water partition coefficient (Wildman–Crippen LogP) is 2.19. The summed E-state index contributed by atoms with van der Waals surface area (Å²) in [5, 5.41) is 3.40. The summed E-state index contributed by atoms with van der Waals surface area (Å²) in [5.41, 5.74) is 2.28. The molecule has 4 nitrogen and oxygen atoms in total. The van der Waals surface area contributed by atoms with E-state index in [1.165, 1.54) is 0 Å². The summed E-state index contributed by atoms with van der Waals surface area (Å²) in [6, 6.07) is 6.32. The molecule has 112 valence electrons. The molecule has 1 fully saturated rings. The van der Waals surface area contributed by atoms with Crippen LogP contribution < -0.4 is 5.32 Å². The Bertz CT molecular complexity index is 400. The second-order valence-corrected chi connectivity index (χ2v) is 5.75. The molecule has 2 rings (SSSR count). The average molecular weight is 277 g/mol. The smallest absolute Gasteiger partial charge is 0.0678 e. The molecule has 1 saturated heterocycles. The van der Waals surface area contributed by atoms with Crippen molar-refractivity contribution in [2.24, 2.45) is 0 Å². The quantitative estimate of drug-likeness (QED) is 0.809. The minimum Gasteiger partial charge on any atom is -0.373 e. The Balaban J connectivity index is 1.90. The predicted molar refractivity (Wildman–Crippen MR) is 81.5 cm³/mol. The van der Waals surface area contributed by atoms with Gasteiger partial charge in [0.1, 0.15) is 0 Å². The zero-order chi connectivity index (χ0) is 14.4. The van der Waals surface area contributed by atoms with E-state index in [4.69, 9.17) is 9.72 Å². The maximum Gasteiger partial charge on any atom is 0.0678 e. The van der Waals surface area contributed by atoms with Crippen LogP contribution in [0.25, 0.3) is 0 Å². The SMILES string of the molecule is CCCNCc1cccc(CN2C[C@@H](C)O[C@@H](C)C2)n1. The molecular weight excluding hydrogens is 250 g/mol. The number of hydrogen-bond acceptors (Lipinski definition) is 4. The molecule has 1 aliphatic rings. The Morgan fingerprint density at radius 1 is 1.25 bits per heavy atom. The molecule has 0 radical (unpaired) electrons. The summed E-state index contributed by atoms with van der Waals surface area (Å²) in [4.78, 5) is 7.18. The molecule has 4 heteroatoms. The number of nitrogens with one attached hydrogen (secondary N) is 1. The Morgan fingerprint density at radius 2 is 1.95 bits per heavy atom. The molecule has 0 unspecified atom stereocenters. The van der Waals surface area contributed by atoms with E-state index in [1.807, 2.05) is 0 Å². The van der Waals surface area contributed by atoms with Crippen LogP contribution in [-0.4, -0.2) is 41.7 Å². The minimum atomic E-state index is 0.313. The van der Waals surface area contributed by atoms with Gasteiger partial charge in [-0.05, 0) is 38.9 Å². The standard InChI is InChI=1S/C16H27N3O/c1-4-8-17-9-15-6-5-7-16(18-15)12-19-10-13(2)20-14(3)11-19/h5-7,13-14,17H,4,8-12H2,1-3H3/t13-,14+. The van der Waals surface area contributed by atoms with Crippen LogP contribution in [0.2, 0.25) is 0 Å². The summed E-state index contributed by atoms with van der Waals surface area (Å²) in [6.07, 6.45) is 1.78. The first kappa shape index (κ1) is 15.4. The molecule has 2 heterocycles. The van der Waals surface area contributed by atoms with E-state index in [1.54, 1.807) is 0 Å². The molecule has 1 aliphatic heterocycles. The van der Waals surface area contributed by atoms with Gasteiger partial charge < -0.3 is 10.1 Å². The summed E-state index contributed by atoms with van der Waals surface area (Å²) < 4.78 is 5.77. The normalized spacial score (nSPS) is 23.9. The first-order valence-corrected chi connectivity index (χ1v) is 7.70. The summed E-state index contributed by atoms with van der Waals surface area (Å²) in [5.74, 6) is 0. The van der Waals surface area contributed by atoms with E-state index in [0.29, 0.717) is 12.2 Å². The lowest BCUT2D eigenvalue weighted by molar-refractivity contribution is -0.0707. The van der Waals surface area contributed by atoms with Crippen molar-refractivity contribution in [3.05, 3.63) is 29.6 Å². The Labute approximate surface area is 122 Å². The number of rotatable bonds is 6. The molecule has 0 aromatic carbocycles. The first-order valence-electron chi connectivity index (χ1n) is 7.70. The van der Waals surface area contributed by atoms with Gasteiger partial charge in [-0.1, -0.05) is 13.0 Å². The number of hydrogen-bond donors (Lipinski definition) is 1. The van der Waals surface area contributed by atoms with Gasteiger partial charge in [-0.15, -0.1) is 0 Å². The van der Waals surface area contributed by atoms with Crippen LogP contribution in [0.4, 0.5) is 0 Å². The Morgan fingerprint density at radius 3 is 2.65 bits per heavy atom. The first-order chi connectivity index (χ1) is 9.67. The number of aromatic nitrogens is 1. The highest BCUT2D eigenvalue weighted by atomic mass is 16.5. The van der Waals surface area contributed by atoms with Gasteiger partial charge >= 0.3 is 0 Å². The van der Waals surface area contributed by atoms with Crippen LogP contribution in [0.3, 0.4) is 0 Å². The molecule has 0 spiro atoms. The van der Waals surface area contributed by atoms with E-state index >= 15 is 0 Å². The third kappa shape index (κ3) is 4.85. The van der Waals surface area contributed by atoms with Gasteiger partial charge in [0.2, 0.25) is 0 Å². The van der Waals surface area contributed by atoms with Crippen molar-refractivity contribution in [3.8, 4) is 0 Å². The fraction of sp³-hybridized carbons (Fsp3) is 0.688. The Hall–Kier alpha value is -0.970. The highest BCUT2D eigenvalue weighted by molar-refractivity contribution is 5.11. The van der Waals surface area contributed by atoms with Crippen molar-refractivity contribution in [3.63, 3.8) is 0 Å². The highest BCUT2D eigenvalue weighted by Gasteiger charge is 2.22. The maximum absolute atomic E-state index is 5.77. The van der Waals surface area contributed by atoms with Crippen molar-refractivity contribution >= 4 is 0 Å². The number of ether oxygens (including phenoxy) is 1. The number of morpholine rings is 1. The van der Waals surface area contributed by atoms with Crippen molar-refractivity contribution < 1.29 is 4.74 Å². The number of pyridine rings is 1. The van der Waals surface area contributed by atoms with Crippen molar-refractivity contribution in [2.45, 2.75) is 52.5 Å². The summed E-state index contributed by atoms with van der Waals surface area (Å²) >= 11 is 0. The summed E-state index contributed by atoms with van der Waals surface area (Å²) in [7, 11) is 0. The third-order valence-electron chi connectivity index (χ3n) is 3.48. The van der Waals surface area contributed by atoms with Crippen LogP contribution in [0.5, 0.6) is 0 Å². The number of nitrogens with zero attached hydrogens (tertiary/aromatic N) is 2. The van der Waals surface area contributed by atoms with Crippen LogP contribution in [0, 0.1) is 0 Å². The van der Waals surface area contributed by atoms with Gasteiger partial charge in [-0.3, -0.25) is 9.88 Å². The van der Waals surface area contributed by atoms with Crippen molar-refractivity contribution in [1.82, 2.24) is 15.2 Å². The monoisotopic (exact) mass is 277 g/mol. The lowest BCUT2D eigenvalue weighted by Gasteiger charge is -2.35. The molecule has 1 aromatic heterocycles. The van der Waals surface area contributed by atoms with Crippen LogP contribution in [0.1, 0.15) is 38.6 Å². The third-order valence-corrected chi connectivity index (χ3v) is 3.48. The van der Waals surface area contributed by atoms with Gasteiger partial charge in [0.15, 0.2) is 0 Å². The van der Waals surface area contributed by atoms with Crippen molar-refractivity contribution in [2.75, 3.05) is 19.6 Å². The van der Waals surface area contributed by atoms with Gasteiger partial charge in [0.05, 0.1) is 23.6 Å².